The highest BCUT2D eigenvalue weighted by Gasteiger charge is 2.32. The molecule has 0 spiro atoms. The quantitative estimate of drug-likeness (QED) is 0.183. The Morgan fingerprint density at radius 3 is 2.52 bits per heavy atom. The van der Waals surface area contributed by atoms with Gasteiger partial charge in [-0.2, -0.15) is 5.10 Å². The maximum absolute atomic E-state index is 15.7. The Bertz CT molecular complexity index is 1930. The molecule has 12 heteroatoms. The molecule has 0 unspecified atom stereocenters. The second-order valence-corrected chi connectivity index (χ2v) is 11.5. The van der Waals surface area contributed by atoms with Crippen LogP contribution in [-0.2, 0) is 16.1 Å². The molecule has 3 heterocycles. The molecule has 2 N–H and O–H groups in total. The molecular weight excluding hydrogens is 609 g/mol. The summed E-state index contributed by atoms with van der Waals surface area (Å²) >= 11 is 6.31. The van der Waals surface area contributed by atoms with Gasteiger partial charge < -0.3 is 15.5 Å². The molecule has 0 aliphatic carbocycles. The molecule has 234 valence electrons. The Hall–Kier alpha value is -5.16. The Labute approximate surface area is 269 Å². The number of Topliss-reactive ketones (excluding diaryl/α,β-unsaturated/α-hetero) is 1. The van der Waals surface area contributed by atoms with Crippen LogP contribution < -0.4 is 10.6 Å². The number of fused-ring (bicyclic) bond motifs is 1. The van der Waals surface area contributed by atoms with Crippen molar-refractivity contribution < 1.29 is 18.8 Å². The number of nitrogens with one attached hydrogen (secondary N) is 2. The van der Waals surface area contributed by atoms with Gasteiger partial charge in [-0.3, -0.25) is 19.1 Å². The zero-order valence-corrected chi connectivity index (χ0v) is 25.8. The molecule has 6 rings (SSSR count). The molecule has 0 saturated carbocycles. The van der Waals surface area contributed by atoms with Crippen LogP contribution in [0.5, 0.6) is 0 Å². The number of hydrogen-bond donors (Lipinski definition) is 2. The average molecular weight is 640 g/mol. The summed E-state index contributed by atoms with van der Waals surface area (Å²) in [5.74, 6) is -1.65. The number of ketones is 1. The van der Waals surface area contributed by atoms with Gasteiger partial charge in [0.25, 0.3) is 0 Å². The van der Waals surface area contributed by atoms with Gasteiger partial charge in [0.1, 0.15) is 24.6 Å². The zero-order valence-electron chi connectivity index (χ0n) is 25.0. The third-order valence-electron chi connectivity index (χ3n) is 8.01. The SMILES string of the molecule is CC(=O)c1nn(CC(=O)N2CCCCC[C@H]2C(=O)Nc2cccc(-c3ccccc3Cl)c2F)c2ccc(Nc3cncnc3)cc12. The lowest BCUT2D eigenvalue weighted by Crippen LogP contribution is -2.48. The maximum Gasteiger partial charge on any atom is 0.247 e. The summed E-state index contributed by atoms with van der Waals surface area (Å²) < 4.78 is 17.1. The third-order valence-corrected chi connectivity index (χ3v) is 8.34. The van der Waals surface area contributed by atoms with Crippen molar-refractivity contribution in [3.05, 3.63) is 95.9 Å². The average Bonchev–Trinajstić information content (AvgIpc) is 3.22. The number of carbonyl (C=O) groups excluding carboxylic acids is 3. The van der Waals surface area contributed by atoms with E-state index in [1.807, 2.05) is 6.07 Å². The van der Waals surface area contributed by atoms with E-state index in [1.165, 1.54) is 24.0 Å². The molecule has 1 aliphatic rings. The van der Waals surface area contributed by atoms with Crippen molar-refractivity contribution in [1.82, 2.24) is 24.6 Å². The van der Waals surface area contributed by atoms with Crippen LogP contribution in [0.1, 0.15) is 43.1 Å². The van der Waals surface area contributed by atoms with Crippen LogP contribution in [0.4, 0.5) is 21.5 Å². The van der Waals surface area contributed by atoms with Crippen LogP contribution in [0.25, 0.3) is 22.0 Å². The van der Waals surface area contributed by atoms with Crippen LogP contribution in [-0.4, -0.2) is 54.8 Å². The maximum atomic E-state index is 15.7. The van der Waals surface area contributed by atoms with Crippen LogP contribution in [0.3, 0.4) is 0 Å². The van der Waals surface area contributed by atoms with Crippen LogP contribution in [0, 0.1) is 5.82 Å². The van der Waals surface area contributed by atoms with Gasteiger partial charge in [-0.1, -0.05) is 54.8 Å². The molecule has 0 radical (unpaired) electrons. The summed E-state index contributed by atoms with van der Waals surface area (Å²) in [6.45, 7) is 1.61. The molecule has 1 aliphatic heterocycles. The second-order valence-electron chi connectivity index (χ2n) is 11.1. The molecule has 1 atom stereocenters. The first-order valence-corrected chi connectivity index (χ1v) is 15.3. The van der Waals surface area contributed by atoms with Gasteiger partial charge in [-0.15, -0.1) is 0 Å². The van der Waals surface area contributed by atoms with Gasteiger partial charge in [-0.05, 0) is 43.2 Å². The van der Waals surface area contributed by atoms with Gasteiger partial charge in [0, 0.05) is 40.7 Å². The van der Waals surface area contributed by atoms with E-state index in [1.54, 1.807) is 65.8 Å². The summed E-state index contributed by atoms with van der Waals surface area (Å²) in [5, 5.41) is 11.4. The Balaban J connectivity index is 1.24. The van der Waals surface area contributed by atoms with E-state index in [0.29, 0.717) is 45.8 Å². The number of halogens is 2. The highest BCUT2D eigenvalue weighted by molar-refractivity contribution is 6.33. The first-order valence-electron chi connectivity index (χ1n) is 15.0. The van der Waals surface area contributed by atoms with Crippen molar-refractivity contribution >= 4 is 57.2 Å². The number of amides is 2. The molecule has 1 saturated heterocycles. The standard InChI is InChI=1S/C34H31ClFN7O3/c1-21(44)33-26-16-22(39-23-17-37-20-38-18-23)13-14-29(26)43(41-33)19-31(45)42-15-6-2-3-12-30(42)34(46)40-28-11-7-9-25(32(28)36)24-8-4-5-10-27(24)35/h4-5,7-11,13-14,16-18,20,30,39H,2-3,6,12,15,19H2,1H3,(H,40,46)/t30-/m0/s1. The van der Waals surface area contributed by atoms with Crippen molar-refractivity contribution in [1.29, 1.82) is 0 Å². The highest BCUT2D eigenvalue weighted by Crippen LogP contribution is 2.33. The molecule has 10 nitrogen and oxygen atoms in total. The number of likely N-dealkylation sites (tertiary alicyclic amines) is 1. The van der Waals surface area contributed by atoms with Crippen LogP contribution in [0.15, 0.2) is 79.4 Å². The number of hydrogen-bond acceptors (Lipinski definition) is 7. The number of aromatic nitrogens is 4. The van der Waals surface area contributed by atoms with Crippen molar-refractivity contribution in [2.24, 2.45) is 0 Å². The third kappa shape index (κ3) is 6.45. The Kier molecular flexibility index (Phi) is 9.02. The zero-order chi connectivity index (χ0) is 32.2. The molecule has 46 heavy (non-hydrogen) atoms. The van der Waals surface area contributed by atoms with Gasteiger partial charge in [0.15, 0.2) is 11.6 Å². The lowest BCUT2D eigenvalue weighted by Gasteiger charge is -2.29. The van der Waals surface area contributed by atoms with Crippen molar-refractivity contribution in [3.63, 3.8) is 0 Å². The van der Waals surface area contributed by atoms with Crippen molar-refractivity contribution in [3.8, 4) is 11.1 Å². The fourth-order valence-corrected chi connectivity index (χ4v) is 6.04. The lowest BCUT2D eigenvalue weighted by atomic mass is 10.0. The van der Waals surface area contributed by atoms with E-state index in [4.69, 9.17) is 11.6 Å². The van der Waals surface area contributed by atoms with E-state index in [-0.39, 0.29) is 35.2 Å². The summed E-state index contributed by atoms with van der Waals surface area (Å²) in [6.07, 6.45) is 7.44. The van der Waals surface area contributed by atoms with E-state index in [2.05, 4.69) is 25.7 Å². The topological polar surface area (TPSA) is 122 Å². The second kappa shape index (κ2) is 13.5. The first kappa shape index (κ1) is 30.8. The molecule has 1 fully saturated rings. The molecule has 2 amide bonds. The monoisotopic (exact) mass is 639 g/mol. The number of rotatable bonds is 8. The summed E-state index contributed by atoms with van der Waals surface area (Å²) in [4.78, 5) is 49.6. The fraction of sp³-hybridized carbons (Fsp3) is 0.235. The van der Waals surface area contributed by atoms with Gasteiger partial charge in [0.05, 0.1) is 29.3 Å². The number of anilines is 3. The van der Waals surface area contributed by atoms with E-state index in [0.717, 1.165) is 19.3 Å². The smallest absolute Gasteiger partial charge is 0.247 e. The molecule has 2 aromatic heterocycles. The Morgan fingerprint density at radius 2 is 1.74 bits per heavy atom. The minimum absolute atomic E-state index is 0.00900. The summed E-state index contributed by atoms with van der Waals surface area (Å²) in [6, 6.07) is 16.2. The normalized spacial score (nSPS) is 14.9. The summed E-state index contributed by atoms with van der Waals surface area (Å²) in [5.41, 5.74) is 2.99. The predicted molar refractivity (Wildman–Crippen MR) is 174 cm³/mol. The molecule has 3 aromatic carbocycles. The molecular formula is C34H31ClFN7O3. The van der Waals surface area contributed by atoms with Crippen LogP contribution in [0.2, 0.25) is 5.02 Å². The van der Waals surface area contributed by atoms with Crippen molar-refractivity contribution in [2.45, 2.75) is 45.2 Å². The van der Waals surface area contributed by atoms with Crippen LogP contribution >= 0.6 is 11.6 Å². The Morgan fingerprint density at radius 1 is 0.957 bits per heavy atom. The largest absolute Gasteiger partial charge is 0.353 e. The van der Waals surface area contributed by atoms with Gasteiger partial charge in [-0.25, -0.2) is 14.4 Å². The predicted octanol–water partition coefficient (Wildman–Crippen LogP) is 6.64. The minimum Gasteiger partial charge on any atom is -0.353 e. The van der Waals surface area contributed by atoms with Crippen molar-refractivity contribution in [2.75, 3.05) is 17.2 Å². The van der Waals surface area contributed by atoms with E-state index < -0.39 is 17.8 Å². The first-order chi connectivity index (χ1) is 22.3. The number of benzene rings is 3. The van der Waals surface area contributed by atoms with E-state index in [9.17, 15) is 14.4 Å². The number of carbonyl (C=O) groups is 3. The molecule has 5 aromatic rings. The summed E-state index contributed by atoms with van der Waals surface area (Å²) in [7, 11) is 0. The van der Waals surface area contributed by atoms with Gasteiger partial charge >= 0.3 is 0 Å². The highest BCUT2D eigenvalue weighted by atomic mass is 35.5. The van der Waals surface area contributed by atoms with Gasteiger partial charge in [0.2, 0.25) is 11.8 Å². The minimum atomic E-state index is -0.809. The number of nitrogens with zero attached hydrogens (tertiary/aromatic N) is 5. The lowest BCUT2D eigenvalue weighted by molar-refractivity contribution is -0.139. The van der Waals surface area contributed by atoms with E-state index >= 15 is 4.39 Å². The molecule has 0 bridgehead atoms. The fourth-order valence-electron chi connectivity index (χ4n) is 5.80.